The van der Waals surface area contributed by atoms with E-state index in [4.69, 9.17) is 15.4 Å². The Morgan fingerprint density at radius 2 is 2.18 bits per heavy atom. The molecule has 0 unspecified atom stereocenters. The summed E-state index contributed by atoms with van der Waals surface area (Å²) in [5.41, 5.74) is 9.17. The molecule has 1 N–H and O–H groups in total. The van der Waals surface area contributed by atoms with Gasteiger partial charge in [0.15, 0.2) is 0 Å². The number of aromatic hydroxyl groups is 1. The van der Waals surface area contributed by atoms with E-state index in [2.05, 4.69) is 10.0 Å². The molecule has 0 saturated carbocycles. The Bertz CT molecular complexity index is 424. The lowest BCUT2D eigenvalue weighted by atomic mass is 10.1. The number of hydrogen-bond donors (Lipinski definition) is 1. The largest absolute Gasteiger partial charge is 0.508 e. The minimum Gasteiger partial charge on any atom is -0.508 e. The molecule has 0 radical (unpaired) electrons. The van der Waals surface area contributed by atoms with Gasteiger partial charge in [-0.25, -0.2) is 0 Å². The van der Waals surface area contributed by atoms with Crippen molar-refractivity contribution >= 4 is 5.97 Å². The van der Waals surface area contributed by atoms with Crippen LogP contribution >= 0.6 is 0 Å². The van der Waals surface area contributed by atoms with Crippen LogP contribution in [0.1, 0.15) is 12.5 Å². The maximum absolute atomic E-state index is 11.5. The monoisotopic (exact) mass is 235 g/mol. The summed E-state index contributed by atoms with van der Waals surface area (Å²) < 4.78 is 4.80. The van der Waals surface area contributed by atoms with Gasteiger partial charge in [0, 0.05) is 4.91 Å². The number of esters is 1. The van der Waals surface area contributed by atoms with E-state index < -0.39 is 12.0 Å². The van der Waals surface area contributed by atoms with Gasteiger partial charge in [-0.1, -0.05) is 17.2 Å². The van der Waals surface area contributed by atoms with E-state index in [1.807, 2.05) is 0 Å². The maximum Gasteiger partial charge on any atom is 0.315 e. The zero-order chi connectivity index (χ0) is 12.7. The van der Waals surface area contributed by atoms with Crippen molar-refractivity contribution in [2.24, 2.45) is 5.11 Å². The fourth-order valence-corrected chi connectivity index (χ4v) is 1.33. The zero-order valence-corrected chi connectivity index (χ0v) is 9.41. The molecule has 1 aromatic rings. The van der Waals surface area contributed by atoms with Gasteiger partial charge in [-0.05, 0) is 36.6 Å². The molecule has 0 aromatic heterocycles. The molecule has 1 aromatic carbocycles. The summed E-state index contributed by atoms with van der Waals surface area (Å²) in [6, 6.07) is 5.47. The van der Waals surface area contributed by atoms with E-state index in [0.717, 1.165) is 5.56 Å². The number of phenols is 1. The second kappa shape index (κ2) is 6.40. The SMILES string of the molecule is CCOC(=O)[C@H](Cc1ccc(O)cc1)N=[N+]=[N-]. The zero-order valence-electron chi connectivity index (χ0n) is 9.41. The number of azide groups is 1. The first-order chi connectivity index (χ1) is 8.17. The molecule has 6 nitrogen and oxygen atoms in total. The lowest BCUT2D eigenvalue weighted by molar-refractivity contribution is -0.144. The molecule has 0 bridgehead atoms. The van der Waals surface area contributed by atoms with Crippen LogP contribution in [-0.2, 0) is 16.0 Å². The highest BCUT2D eigenvalue weighted by molar-refractivity contribution is 5.76. The van der Waals surface area contributed by atoms with Crippen molar-refractivity contribution in [3.05, 3.63) is 40.3 Å². The van der Waals surface area contributed by atoms with Crippen molar-refractivity contribution in [2.45, 2.75) is 19.4 Å². The molecule has 0 fully saturated rings. The Hall–Kier alpha value is -2.20. The van der Waals surface area contributed by atoms with Gasteiger partial charge < -0.3 is 9.84 Å². The molecule has 0 amide bonds. The lowest BCUT2D eigenvalue weighted by Crippen LogP contribution is -2.23. The highest BCUT2D eigenvalue weighted by Crippen LogP contribution is 2.13. The number of phenolic OH excluding ortho intramolecular Hbond substituents is 1. The normalized spacial score (nSPS) is 11.4. The second-order valence-electron chi connectivity index (χ2n) is 3.34. The highest BCUT2D eigenvalue weighted by Gasteiger charge is 2.18. The number of carbonyl (C=O) groups is 1. The summed E-state index contributed by atoms with van der Waals surface area (Å²) >= 11 is 0. The molecular formula is C11H13N3O3. The van der Waals surface area contributed by atoms with Crippen LogP contribution in [0.15, 0.2) is 29.4 Å². The second-order valence-corrected chi connectivity index (χ2v) is 3.34. The van der Waals surface area contributed by atoms with Gasteiger partial charge in [-0.15, -0.1) is 0 Å². The fraction of sp³-hybridized carbons (Fsp3) is 0.364. The Morgan fingerprint density at radius 3 is 2.71 bits per heavy atom. The Morgan fingerprint density at radius 1 is 1.53 bits per heavy atom. The third kappa shape index (κ3) is 4.04. The molecule has 17 heavy (non-hydrogen) atoms. The van der Waals surface area contributed by atoms with Crippen LogP contribution in [0.25, 0.3) is 10.4 Å². The van der Waals surface area contributed by atoms with E-state index in [1.54, 1.807) is 19.1 Å². The van der Waals surface area contributed by atoms with Crippen molar-refractivity contribution in [2.75, 3.05) is 6.61 Å². The van der Waals surface area contributed by atoms with E-state index in [-0.39, 0.29) is 18.8 Å². The van der Waals surface area contributed by atoms with Gasteiger partial charge in [-0.2, -0.15) is 0 Å². The van der Waals surface area contributed by atoms with E-state index in [0.29, 0.717) is 0 Å². The molecule has 90 valence electrons. The Labute approximate surface area is 98.5 Å². The molecule has 0 aliphatic heterocycles. The van der Waals surface area contributed by atoms with Crippen molar-refractivity contribution < 1.29 is 14.6 Å². The van der Waals surface area contributed by atoms with E-state index in [9.17, 15) is 4.79 Å². The van der Waals surface area contributed by atoms with Gasteiger partial charge >= 0.3 is 5.97 Å². The van der Waals surface area contributed by atoms with Crippen LogP contribution < -0.4 is 0 Å². The number of benzene rings is 1. The third-order valence-electron chi connectivity index (χ3n) is 2.12. The van der Waals surface area contributed by atoms with Crippen molar-refractivity contribution in [3.63, 3.8) is 0 Å². The lowest BCUT2D eigenvalue weighted by Gasteiger charge is -2.09. The van der Waals surface area contributed by atoms with Gasteiger partial charge in [0.2, 0.25) is 0 Å². The highest BCUT2D eigenvalue weighted by atomic mass is 16.5. The predicted molar refractivity (Wildman–Crippen MR) is 61.4 cm³/mol. The first-order valence-corrected chi connectivity index (χ1v) is 5.16. The minimum absolute atomic E-state index is 0.144. The van der Waals surface area contributed by atoms with Crippen LogP contribution in [0, 0.1) is 0 Å². The first-order valence-electron chi connectivity index (χ1n) is 5.16. The van der Waals surface area contributed by atoms with Gasteiger partial charge in [0.1, 0.15) is 11.8 Å². The van der Waals surface area contributed by atoms with Crippen LogP contribution in [0.2, 0.25) is 0 Å². The van der Waals surface area contributed by atoms with Crippen LogP contribution in [0.4, 0.5) is 0 Å². The molecule has 0 spiro atoms. The number of nitrogens with zero attached hydrogens (tertiary/aromatic N) is 3. The van der Waals surface area contributed by atoms with E-state index >= 15 is 0 Å². The average Bonchev–Trinajstić information content (AvgIpc) is 2.31. The Kier molecular flexibility index (Phi) is 4.84. The number of rotatable bonds is 5. The molecule has 0 heterocycles. The first kappa shape index (κ1) is 12.9. The van der Waals surface area contributed by atoms with Gasteiger partial charge in [-0.3, -0.25) is 4.79 Å². The molecule has 1 rings (SSSR count). The molecule has 1 atom stereocenters. The predicted octanol–water partition coefficient (Wildman–Crippen LogP) is 2.18. The van der Waals surface area contributed by atoms with Crippen molar-refractivity contribution in [1.82, 2.24) is 0 Å². The van der Waals surface area contributed by atoms with Gasteiger partial charge in [0.05, 0.1) is 6.61 Å². The molecule has 0 aliphatic carbocycles. The van der Waals surface area contributed by atoms with Gasteiger partial charge in [0.25, 0.3) is 0 Å². The van der Waals surface area contributed by atoms with Crippen LogP contribution in [0.5, 0.6) is 5.75 Å². The molecule has 0 aliphatic rings. The number of ether oxygens (including phenoxy) is 1. The summed E-state index contributed by atoms with van der Waals surface area (Å²) in [4.78, 5) is 14.1. The molecule has 6 heteroatoms. The Balaban J connectivity index is 2.76. The van der Waals surface area contributed by atoms with E-state index in [1.165, 1.54) is 12.1 Å². The smallest absolute Gasteiger partial charge is 0.315 e. The third-order valence-corrected chi connectivity index (χ3v) is 2.12. The maximum atomic E-state index is 11.5. The summed E-state index contributed by atoms with van der Waals surface area (Å²) in [6.45, 7) is 1.93. The number of carbonyl (C=O) groups excluding carboxylic acids is 1. The van der Waals surface area contributed by atoms with Crippen LogP contribution in [0.3, 0.4) is 0 Å². The topological polar surface area (TPSA) is 95.3 Å². The van der Waals surface area contributed by atoms with Crippen molar-refractivity contribution in [3.8, 4) is 5.75 Å². The summed E-state index contributed by atoms with van der Waals surface area (Å²) in [5, 5.41) is 12.5. The quantitative estimate of drug-likeness (QED) is 0.366. The fourth-order valence-electron chi connectivity index (χ4n) is 1.33. The van der Waals surface area contributed by atoms with Crippen molar-refractivity contribution in [1.29, 1.82) is 0 Å². The minimum atomic E-state index is -0.871. The average molecular weight is 235 g/mol. The summed E-state index contributed by atoms with van der Waals surface area (Å²) in [6.07, 6.45) is 0.253. The standard InChI is InChI=1S/C11H13N3O3/c1-2-17-11(16)10(13-14-12)7-8-3-5-9(15)6-4-8/h3-6,10,15H,2,7H2,1H3/t10-/m0/s1. The summed E-state index contributed by atoms with van der Waals surface area (Å²) in [5.74, 6) is -0.399. The summed E-state index contributed by atoms with van der Waals surface area (Å²) in [7, 11) is 0. The van der Waals surface area contributed by atoms with Crippen LogP contribution in [-0.4, -0.2) is 23.7 Å². The number of hydrogen-bond acceptors (Lipinski definition) is 4. The molecular weight excluding hydrogens is 222 g/mol. The molecule has 0 saturated heterocycles.